The molecule has 0 spiro atoms. The minimum atomic E-state index is -0.523. The number of amides is 1. The average Bonchev–Trinajstić information content (AvgIpc) is 3.00. The summed E-state index contributed by atoms with van der Waals surface area (Å²) in [6.07, 6.45) is 2.91. The molecule has 4 rings (SSSR count). The minimum Gasteiger partial charge on any atom is -0.444 e. The van der Waals surface area contributed by atoms with Crippen LogP contribution in [-0.2, 0) is 4.74 Å². The van der Waals surface area contributed by atoms with Gasteiger partial charge in [-0.3, -0.25) is 4.79 Å². The summed E-state index contributed by atoms with van der Waals surface area (Å²) in [5, 5.41) is 5.00. The van der Waals surface area contributed by atoms with Gasteiger partial charge in [-0.15, -0.1) is 0 Å². The molecule has 2 aromatic heterocycles. The monoisotopic (exact) mass is 386 g/mol. The molecule has 148 valence electrons. The number of hydrogen-bond acceptors (Lipinski definition) is 4. The van der Waals surface area contributed by atoms with Crippen LogP contribution in [0.2, 0.25) is 0 Å². The first-order valence-electron chi connectivity index (χ1n) is 9.40. The van der Waals surface area contributed by atoms with Gasteiger partial charge in [0.1, 0.15) is 17.1 Å². The summed E-state index contributed by atoms with van der Waals surface area (Å²) >= 11 is 0. The number of piperidine rings is 1. The molecule has 28 heavy (non-hydrogen) atoms. The minimum absolute atomic E-state index is 0.103. The highest BCUT2D eigenvalue weighted by Gasteiger charge is 2.28. The summed E-state index contributed by atoms with van der Waals surface area (Å²) in [6.45, 7) is 6.68. The van der Waals surface area contributed by atoms with Crippen molar-refractivity contribution in [3.05, 3.63) is 46.6 Å². The molecule has 3 aromatic rings. The van der Waals surface area contributed by atoms with E-state index in [4.69, 9.17) is 4.74 Å². The van der Waals surface area contributed by atoms with Crippen LogP contribution in [0.3, 0.4) is 0 Å². The van der Waals surface area contributed by atoms with Crippen LogP contribution < -0.4 is 5.56 Å². The van der Waals surface area contributed by atoms with Crippen LogP contribution >= 0.6 is 0 Å². The number of ether oxygens (including phenoxy) is 1. The number of benzene rings is 1. The van der Waals surface area contributed by atoms with Gasteiger partial charge in [0.25, 0.3) is 5.56 Å². The molecule has 0 unspecified atom stereocenters. The number of rotatable bonds is 1. The largest absolute Gasteiger partial charge is 0.444 e. The van der Waals surface area contributed by atoms with Gasteiger partial charge in [-0.25, -0.2) is 9.18 Å². The maximum absolute atomic E-state index is 13.6. The van der Waals surface area contributed by atoms with Gasteiger partial charge in [0.05, 0.1) is 5.52 Å². The molecule has 0 radical (unpaired) electrons. The fourth-order valence-corrected chi connectivity index (χ4v) is 3.68. The first-order chi connectivity index (χ1) is 13.2. The first kappa shape index (κ1) is 18.5. The summed E-state index contributed by atoms with van der Waals surface area (Å²) in [6, 6.07) is 5.93. The molecule has 0 saturated carbocycles. The van der Waals surface area contributed by atoms with Crippen molar-refractivity contribution in [3.8, 4) is 0 Å². The van der Waals surface area contributed by atoms with E-state index in [9.17, 15) is 14.0 Å². The van der Waals surface area contributed by atoms with Crippen molar-refractivity contribution in [3.63, 3.8) is 0 Å². The number of likely N-dealkylation sites (tertiary alicyclic amines) is 1. The van der Waals surface area contributed by atoms with Crippen LogP contribution in [-0.4, -0.2) is 43.9 Å². The lowest BCUT2D eigenvalue weighted by Crippen LogP contribution is -2.42. The van der Waals surface area contributed by atoms with Crippen molar-refractivity contribution in [2.75, 3.05) is 13.1 Å². The Bertz CT molecular complexity index is 1100. The van der Waals surface area contributed by atoms with Crippen molar-refractivity contribution in [2.24, 2.45) is 0 Å². The predicted octanol–water partition coefficient (Wildman–Crippen LogP) is 3.36. The molecule has 1 aliphatic heterocycles. The quantitative estimate of drug-likeness (QED) is 0.643. The van der Waals surface area contributed by atoms with Crippen molar-refractivity contribution < 1.29 is 13.9 Å². The maximum Gasteiger partial charge on any atom is 0.410 e. The first-order valence-corrected chi connectivity index (χ1v) is 9.40. The van der Waals surface area contributed by atoms with Gasteiger partial charge in [0.2, 0.25) is 0 Å². The molecule has 1 amide bonds. The Labute approximate surface area is 161 Å². The van der Waals surface area contributed by atoms with E-state index in [0.29, 0.717) is 24.3 Å². The van der Waals surface area contributed by atoms with Crippen LogP contribution in [0.15, 0.2) is 35.3 Å². The van der Waals surface area contributed by atoms with Crippen molar-refractivity contribution in [1.82, 2.24) is 19.1 Å². The molecular formula is C20H23FN4O3. The molecule has 0 bridgehead atoms. The standard InChI is InChI=1S/C20H23FN4O3/c1-20(2,3)28-19(27)23-9-6-14(7-10-23)24-11-8-17(26)25-18(24)15-5-4-13(21)12-16(15)22-25/h4-5,8,11-12,14H,6-7,9-10H2,1-3H3. The second-order valence-corrected chi connectivity index (χ2v) is 8.16. The lowest BCUT2D eigenvalue weighted by Gasteiger charge is -2.34. The van der Waals surface area contributed by atoms with E-state index in [1.165, 1.54) is 22.7 Å². The van der Waals surface area contributed by atoms with Crippen molar-refractivity contribution in [1.29, 1.82) is 0 Å². The SMILES string of the molecule is CC(C)(C)OC(=O)N1CCC(n2ccc(=O)n3nc4cc(F)ccc4c23)CC1. The van der Waals surface area contributed by atoms with Crippen LogP contribution in [0, 0.1) is 5.82 Å². The average molecular weight is 386 g/mol. The zero-order valence-electron chi connectivity index (χ0n) is 16.2. The van der Waals surface area contributed by atoms with Gasteiger partial charge < -0.3 is 14.2 Å². The third-order valence-electron chi connectivity index (χ3n) is 4.95. The highest BCUT2D eigenvalue weighted by molar-refractivity contribution is 5.92. The van der Waals surface area contributed by atoms with Crippen LogP contribution in [0.1, 0.15) is 39.7 Å². The highest BCUT2D eigenvalue weighted by atomic mass is 19.1. The van der Waals surface area contributed by atoms with E-state index in [-0.39, 0.29) is 23.5 Å². The highest BCUT2D eigenvalue weighted by Crippen LogP contribution is 2.28. The van der Waals surface area contributed by atoms with E-state index in [1.807, 2.05) is 25.3 Å². The lowest BCUT2D eigenvalue weighted by molar-refractivity contribution is 0.0189. The summed E-state index contributed by atoms with van der Waals surface area (Å²) in [7, 11) is 0. The molecule has 1 aliphatic rings. The number of aromatic nitrogens is 3. The van der Waals surface area contributed by atoms with Crippen molar-refractivity contribution in [2.45, 2.75) is 45.3 Å². The van der Waals surface area contributed by atoms with Crippen molar-refractivity contribution >= 4 is 22.6 Å². The van der Waals surface area contributed by atoms with Crippen LogP contribution in [0.25, 0.3) is 16.6 Å². The molecule has 8 heteroatoms. The molecule has 3 heterocycles. The number of carbonyl (C=O) groups is 1. The van der Waals surface area contributed by atoms with Gasteiger partial charge in [0, 0.05) is 42.8 Å². The Morgan fingerprint density at radius 1 is 1.21 bits per heavy atom. The molecule has 1 fully saturated rings. The third-order valence-corrected chi connectivity index (χ3v) is 4.95. The van der Waals surface area contributed by atoms with Gasteiger partial charge in [0.15, 0.2) is 0 Å². The fraction of sp³-hybridized carbons (Fsp3) is 0.450. The predicted molar refractivity (Wildman–Crippen MR) is 103 cm³/mol. The van der Waals surface area contributed by atoms with E-state index in [1.54, 1.807) is 17.2 Å². The molecule has 0 atom stereocenters. The fourth-order valence-electron chi connectivity index (χ4n) is 3.68. The topological polar surface area (TPSA) is 68.8 Å². The summed E-state index contributed by atoms with van der Waals surface area (Å²) < 4.78 is 22.4. The second-order valence-electron chi connectivity index (χ2n) is 8.16. The smallest absolute Gasteiger partial charge is 0.410 e. The number of carbonyl (C=O) groups excluding carboxylic acids is 1. The number of nitrogens with zero attached hydrogens (tertiary/aromatic N) is 4. The van der Waals surface area contributed by atoms with E-state index in [2.05, 4.69) is 5.10 Å². The molecule has 0 aliphatic carbocycles. The summed E-state index contributed by atoms with van der Waals surface area (Å²) in [5.41, 5.74) is 0.320. The zero-order valence-corrected chi connectivity index (χ0v) is 16.2. The van der Waals surface area contributed by atoms with Gasteiger partial charge in [-0.2, -0.15) is 9.61 Å². The van der Waals surface area contributed by atoms with Crippen LogP contribution in [0.4, 0.5) is 9.18 Å². The Kier molecular flexibility index (Phi) is 4.36. The summed E-state index contributed by atoms with van der Waals surface area (Å²) in [4.78, 5) is 26.3. The third kappa shape index (κ3) is 3.34. The zero-order chi connectivity index (χ0) is 20.1. The normalized spacial score (nSPS) is 16.1. The van der Waals surface area contributed by atoms with Gasteiger partial charge in [-0.1, -0.05) is 0 Å². The number of hydrogen-bond donors (Lipinski definition) is 0. The second kappa shape index (κ2) is 6.61. The van der Waals surface area contributed by atoms with E-state index < -0.39 is 5.60 Å². The molecule has 7 nitrogen and oxygen atoms in total. The lowest BCUT2D eigenvalue weighted by atomic mass is 10.0. The number of fused-ring (bicyclic) bond motifs is 3. The Hall–Kier alpha value is -2.90. The van der Waals surface area contributed by atoms with E-state index >= 15 is 0 Å². The molecule has 1 aromatic carbocycles. The maximum atomic E-state index is 13.6. The van der Waals surface area contributed by atoms with E-state index in [0.717, 1.165) is 18.2 Å². The molecular weight excluding hydrogens is 363 g/mol. The van der Waals surface area contributed by atoms with Gasteiger partial charge >= 0.3 is 6.09 Å². The Morgan fingerprint density at radius 2 is 1.93 bits per heavy atom. The van der Waals surface area contributed by atoms with Crippen LogP contribution in [0.5, 0.6) is 0 Å². The van der Waals surface area contributed by atoms with Gasteiger partial charge in [-0.05, 0) is 45.7 Å². The molecule has 1 saturated heterocycles. The Balaban J connectivity index is 1.64. The number of halogens is 1. The Morgan fingerprint density at radius 3 is 2.61 bits per heavy atom. The molecule has 0 N–H and O–H groups in total. The summed E-state index contributed by atoms with van der Waals surface area (Å²) in [5.74, 6) is -0.388.